The molecule has 0 spiro atoms. The molecule has 126 valence electrons. The Kier molecular flexibility index (Phi) is 4.99. The third-order valence-electron chi connectivity index (χ3n) is 3.80. The molecule has 0 fully saturated rings. The standard InChI is InChI=1S/C18H22N4O2/c1-10-7-8-14(24-3)13(9-10)11-5-4-6-12(15(11)19)16(20)17(21)18(23)22-2/h4-9H,19-21H2,1-3H3,(H,22,23)/b17-16+. The highest BCUT2D eigenvalue weighted by Crippen LogP contribution is 2.37. The van der Waals surface area contributed by atoms with Gasteiger partial charge in [0.05, 0.1) is 12.8 Å². The fraction of sp³-hybridized carbons (Fsp3) is 0.167. The summed E-state index contributed by atoms with van der Waals surface area (Å²) in [5.74, 6) is 0.247. The number of rotatable bonds is 4. The van der Waals surface area contributed by atoms with Gasteiger partial charge in [-0.3, -0.25) is 4.79 Å². The van der Waals surface area contributed by atoms with E-state index in [1.165, 1.54) is 7.05 Å². The van der Waals surface area contributed by atoms with Gasteiger partial charge in [0.25, 0.3) is 5.91 Å². The van der Waals surface area contributed by atoms with Crippen LogP contribution in [0.1, 0.15) is 11.1 Å². The molecule has 0 aromatic heterocycles. The zero-order chi connectivity index (χ0) is 17.9. The molecule has 0 bridgehead atoms. The Balaban J connectivity index is 2.66. The number of ether oxygens (including phenoxy) is 1. The van der Waals surface area contributed by atoms with Gasteiger partial charge in [0.2, 0.25) is 0 Å². The SMILES string of the molecule is CNC(=O)/C(N)=C(\N)c1cccc(-c2cc(C)ccc2OC)c1N. The minimum atomic E-state index is -0.453. The smallest absolute Gasteiger partial charge is 0.269 e. The number of carbonyl (C=O) groups excluding carboxylic acids is 1. The van der Waals surface area contributed by atoms with E-state index in [0.717, 1.165) is 16.7 Å². The molecule has 0 aliphatic rings. The van der Waals surface area contributed by atoms with Gasteiger partial charge < -0.3 is 27.3 Å². The van der Waals surface area contributed by atoms with Crippen LogP contribution in [0.3, 0.4) is 0 Å². The maximum absolute atomic E-state index is 11.7. The Labute approximate surface area is 141 Å². The molecule has 0 radical (unpaired) electrons. The molecule has 0 saturated carbocycles. The summed E-state index contributed by atoms with van der Waals surface area (Å²) in [6.07, 6.45) is 0. The summed E-state index contributed by atoms with van der Waals surface area (Å²) in [5, 5.41) is 2.44. The number of methoxy groups -OCH3 is 1. The molecule has 2 aromatic carbocycles. The Bertz CT molecular complexity index is 813. The number of anilines is 1. The van der Waals surface area contributed by atoms with Crippen LogP contribution in [0.15, 0.2) is 42.1 Å². The first kappa shape index (κ1) is 17.2. The van der Waals surface area contributed by atoms with Crippen LogP contribution in [0.25, 0.3) is 16.8 Å². The number of nitrogen functional groups attached to an aromatic ring is 1. The second kappa shape index (κ2) is 6.95. The molecule has 2 aromatic rings. The van der Waals surface area contributed by atoms with Gasteiger partial charge in [0.15, 0.2) is 0 Å². The van der Waals surface area contributed by atoms with E-state index in [-0.39, 0.29) is 11.4 Å². The highest BCUT2D eigenvalue weighted by atomic mass is 16.5. The Morgan fingerprint density at radius 3 is 2.46 bits per heavy atom. The minimum absolute atomic E-state index is 0.0717. The fourth-order valence-corrected chi connectivity index (χ4v) is 2.47. The number of aryl methyl sites for hydroxylation is 1. The van der Waals surface area contributed by atoms with E-state index in [1.807, 2.05) is 37.3 Å². The zero-order valence-corrected chi connectivity index (χ0v) is 14.0. The Morgan fingerprint density at radius 2 is 1.83 bits per heavy atom. The quantitative estimate of drug-likeness (QED) is 0.503. The molecule has 0 saturated heterocycles. The van der Waals surface area contributed by atoms with Crippen molar-refractivity contribution >= 4 is 17.3 Å². The summed E-state index contributed by atoms with van der Waals surface area (Å²) >= 11 is 0. The molecule has 6 nitrogen and oxygen atoms in total. The van der Waals surface area contributed by atoms with Gasteiger partial charge in [0.1, 0.15) is 11.4 Å². The van der Waals surface area contributed by atoms with E-state index in [4.69, 9.17) is 21.9 Å². The average molecular weight is 326 g/mol. The summed E-state index contributed by atoms with van der Waals surface area (Å²) in [5.41, 5.74) is 21.9. The van der Waals surface area contributed by atoms with Crippen molar-refractivity contribution in [1.82, 2.24) is 5.32 Å². The lowest BCUT2D eigenvalue weighted by molar-refractivity contribution is -0.117. The number of para-hydroxylation sites is 1. The fourth-order valence-electron chi connectivity index (χ4n) is 2.47. The van der Waals surface area contributed by atoms with Crippen molar-refractivity contribution in [1.29, 1.82) is 0 Å². The molecule has 0 aliphatic heterocycles. The summed E-state index contributed by atoms with van der Waals surface area (Å²) in [7, 11) is 3.09. The molecule has 6 heteroatoms. The molecule has 2 rings (SSSR count). The normalized spacial score (nSPS) is 11.6. The second-order valence-electron chi connectivity index (χ2n) is 5.38. The number of nitrogens with two attached hydrogens (primary N) is 3. The first-order valence-electron chi connectivity index (χ1n) is 7.41. The van der Waals surface area contributed by atoms with E-state index in [9.17, 15) is 4.79 Å². The van der Waals surface area contributed by atoms with E-state index in [1.54, 1.807) is 13.2 Å². The van der Waals surface area contributed by atoms with Crippen molar-refractivity contribution in [2.24, 2.45) is 11.5 Å². The predicted octanol–water partition coefficient (Wildman–Crippen LogP) is 1.58. The van der Waals surface area contributed by atoms with Crippen LogP contribution in [0.5, 0.6) is 5.75 Å². The first-order chi connectivity index (χ1) is 11.4. The highest BCUT2D eigenvalue weighted by molar-refractivity contribution is 6.01. The number of amides is 1. The van der Waals surface area contributed by atoms with Crippen molar-refractivity contribution < 1.29 is 9.53 Å². The lowest BCUT2D eigenvalue weighted by atomic mass is 9.96. The van der Waals surface area contributed by atoms with Crippen molar-refractivity contribution in [3.63, 3.8) is 0 Å². The van der Waals surface area contributed by atoms with Gasteiger partial charge in [-0.1, -0.05) is 29.8 Å². The summed E-state index contributed by atoms with van der Waals surface area (Å²) in [6.45, 7) is 1.99. The molecule has 0 atom stereocenters. The molecule has 1 amide bonds. The van der Waals surface area contributed by atoms with Crippen LogP contribution in [0.4, 0.5) is 5.69 Å². The first-order valence-corrected chi connectivity index (χ1v) is 7.41. The highest BCUT2D eigenvalue weighted by Gasteiger charge is 2.16. The molecule has 7 N–H and O–H groups in total. The number of hydrogen-bond acceptors (Lipinski definition) is 5. The number of carbonyl (C=O) groups is 1. The summed E-state index contributed by atoms with van der Waals surface area (Å²) in [4.78, 5) is 11.7. The number of hydrogen-bond donors (Lipinski definition) is 4. The zero-order valence-electron chi connectivity index (χ0n) is 14.0. The lowest BCUT2D eigenvalue weighted by Crippen LogP contribution is -2.27. The van der Waals surface area contributed by atoms with E-state index >= 15 is 0 Å². The maximum atomic E-state index is 11.7. The topological polar surface area (TPSA) is 116 Å². The third-order valence-corrected chi connectivity index (χ3v) is 3.80. The van der Waals surface area contributed by atoms with Crippen LogP contribution in [0, 0.1) is 6.92 Å². The van der Waals surface area contributed by atoms with Crippen LogP contribution in [0.2, 0.25) is 0 Å². The molecule has 0 aliphatic carbocycles. The summed E-state index contributed by atoms with van der Waals surface area (Å²) < 4.78 is 5.43. The Hall–Kier alpha value is -3.15. The van der Waals surface area contributed by atoms with Crippen molar-refractivity contribution in [2.45, 2.75) is 6.92 Å². The van der Waals surface area contributed by atoms with Crippen LogP contribution in [-0.4, -0.2) is 20.1 Å². The molecule has 0 unspecified atom stereocenters. The molecular weight excluding hydrogens is 304 g/mol. The number of likely N-dealkylation sites (N-methyl/N-ethyl adjacent to an activating group) is 1. The largest absolute Gasteiger partial charge is 0.496 e. The molecular formula is C18H22N4O2. The van der Waals surface area contributed by atoms with E-state index in [0.29, 0.717) is 17.0 Å². The van der Waals surface area contributed by atoms with Crippen molar-refractivity contribution in [3.05, 3.63) is 53.2 Å². The van der Waals surface area contributed by atoms with E-state index in [2.05, 4.69) is 5.32 Å². The van der Waals surface area contributed by atoms with Crippen LogP contribution in [-0.2, 0) is 4.79 Å². The molecule has 24 heavy (non-hydrogen) atoms. The van der Waals surface area contributed by atoms with Gasteiger partial charge in [-0.05, 0) is 19.1 Å². The number of benzene rings is 2. The van der Waals surface area contributed by atoms with Crippen molar-refractivity contribution in [3.8, 4) is 16.9 Å². The predicted molar refractivity (Wildman–Crippen MR) is 96.9 cm³/mol. The summed E-state index contributed by atoms with van der Waals surface area (Å²) in [6, 6.07) is 11.2. The van der Waals surface area contributed by atoms with Crippen molar-refractivity contribution in [2.75, 3.05) is 19.9 Å². The monoisotopic (exact) mass is 326 g/mol. The van der Waals surface area contributed by atoms with Gasteiger partial charge in [-0.2, -0.15) is 0 Å². The van der Waals surface area contributed by atoms with Gasteiger partial charge in [-0.25, -0.2) is 0 Å². The van der Waals surface area contributed by atoms with Gasteiger partial charge >= 0.3 is 0 Å². The Morgan fingerprint density at radius 1 is 1.12 bits per heavy atom. The third kappa shape index (κ3) is 3.12. The second-order valence-corrected chi connectivity index (χ2v) is 5.38. The number of nitrogens with one attached hydrogen (secondary N) is 1. The van der Waals surface area contributed by atoms with E-state index < -0.39 is 5.91 Å². The van der Waals surface area contributed by atoms with Crippen LogP contribution >= 0.6 is 0 Å². The molecule has 0 heterocycles. The lowest BCUT2D eigenvalue weighted by Gasteiger charge is -2.15. The van der Waals surface area contributed by atoms with Crippen LogP contribution < -0.4 is 27.3 Å². The maximum Gasteiger partial charge on any atom is 0.269 e. The van der Waals surface area contributed by atoms with Gasteiger partial charge in [0, 0.05) is 29.4 Å². The van der Waals surface area contributed by atoms with Gasteiger partial charge in [-0.15, -0.1) is 0 Å². The average Bonchev–Trinajstić information content (AvgIpc) is 2.60. The minimum Gasteiger partial charge on any atom is -0.496 e.